The van der Waals surface area contributed by atoms with E-state index < -0.39 is 11.6 Å². The van der Waals surface area contributed by atoms with E-state index in [0.29, 0.717) is 31.3 Å². The van der Waals surface area contributed by atoms with Crippen LogP contribution in [0.2, 0.25) is 0 Å². The highest BCUT2D eigenvalue weighted by Gasteiger charge is 2.36. The van der Waals surface area contributed by atoms with E-state index in [1.165, 1.54) is 11.6 Å². The Kier molecular flexibility index (Phi) is 7.92. The van der Waals surface area contributed by atoms with Gasteiger partial charge in [0.05, 0.1) is 6.61 Å². The summed E-state index contributed by atoms with van der Waals surface area (Å²) in [7, 11) is 0. The molecule has 0 saturated heterocycles. The number of fused-ring (bicyclic) bond motifs is 1. The Hall–Kier alpha value is -3.41. The van der Waals surface area contributed by atoms with Crippen molar-refractivity contribution in [3.8, 4) is 23.0 Å². The van der Waals surface area contributed by atoms with E-state index in [4.69, 9.17) is 24.1 Å². The van der Waals surface area contributed by atoms with Crippen LogP contribution in [0.25, 0.3) is 6.08 Å². The molecule has 0 amide bonds. The molecule has 1 unspecified atom stereocenters. The molecule has 3 rings (SSSR count). The van der Waals surface area contributed by atoms with Gasteiger partial charge in [0.2, 0.25) is 0 Å². The summed E-state index contributed by atoms with van der Waals surface area (Å²) >= 11 is 0. The first-order valence-electron chi connectivity index (χ1n) is 11.5. The van der Waals surface area contributed by atoms with E-state index in [1.807, 2.05) is 6.92 Å². The second-order valence-corrected chi connectivity index (χ2v) is 8.76. The SMILES string of the molecule is C=CCOc1c(C)c(C)c2c(c1C)CCC(C)(COc1ccc(C=CC(=O)O)cc1OCC)O2. The highest BCUT2D eigenvalue weighted by Crippen LogP contribution is 2.44. The number of rotatable bonds is 10. The maximum Gasteiger partial charge on any atom is 0.328 e. The van der Waals surface area contributed by atoms with Crippen LogP contribution in [0.4, 0.5) is 0 Å². The van der Waals surface area contributed by atoms with Crippen LogP contribution in [0, 0.1) is 20.8 Å². The van der Waals surface area contributed by atoms with Crippen LogP contribution < -0.4 is 18.9 Å². The van der Waals surface area contributed by atoms with Gasteiger partial charge in [-0.25, -0.2) is 4.79 Å². The van der Waals surface area contributed by atoms with Crippen LogP contribution in [0.15, 0.2) is 36.9 Å². The molecule has 0 saturated carbocycles. The van der Waals surface area contributed by atoms with Crippen molar-refractivity contribution in [1.82, 2.24) is 0 Å². The normalized spacial score (nSPS) is 17.1. The van der Waals surface area contributed by atoms with Crippen LogP contribution in [0.5, 0.6) is 23.0 Å². The van der Waals surface area contributed by atoms with E-state index in [0.717, 1.165) is 52.7 Å². The second-order valence-electron chi connectivity index (χ2n) is 8.76. The summed E-state index contributed by atoms with van der Waals surface area (Å²) in [5.41, 5.74) is 4.67. The summed E-state index contributed by atoms with van der Waals surface area (Å²) in [6, 6.07) is 5.38. The number of carboxylic acids is 1. The van der Waals surface area contributed by atoms with Gasteiger partial charge in [0.1, 0.15) is 30.3 Å². The molecule has 34 heavy (non-hydrogen) atoms. The predicted octanol–water partition coefficient (Wildman–Crippen LogP) is 5.84. The molecule has 0 spiro atoms. The zero-order valence-electron chi connectivity index (χ0n) is 20.7. The van der Waals surface area contributed by atoms with Crippen molar-refractivity contribution in [1.29, 1.82) is 0 Å². The molecule has 2 aromatic carbocycles. The van der Waals surface area contributed by atoms with Crippen molar-refractivity contribution in [2.24, 2.45) is 0 Å². The van der Waals surface area contributed by atoms with E-state index in [1.54, 1.807) is 24.3 Å². The Morgan fingerprint density at radius 3 is 2.59 bits per heavy atom. The molecule has 6 heteroatoms. The fourth-order valence-corrected chi connectivity index (χ4v) is 4.16. The number of benzene rings is 2. The Morgan fingerprint density at radius 2 is 1.91 bits per heavy atom. The number of hydrogen-bond donors (Lipinski definition) is 1. The fourth-order valence-electron chi connectivity index (χ4n) is 4.16. The Labute approximate surface area is 201 Å². The van der Waals surface area contributed by atoms with Gasteiger partial charge in [0, 0.05) is 11.6 Å². The van der Waals surface area contributed by atoms with Crippen molar-refractivity contribution in [3.05, 3.63) is 64.7 Å². The summed E-state index contributed by atoms with van der Waals surface area (Å²) in [6.45, 7) is 15.2. The first-order valence-corrected chi connectivity index (χ1v) is 11.5. The standard InChI is InChI=1S/C28H34O6/c1-7-15-32-26-18(3)19(4)27-22(20(26)5)13-14-28(6,34-27)17-33-23-11-9-21(10-12-25(29)30)16-24(23)31-8-2/h7,9-12,16H,1,8,13-15,17H2,2-6H3,(H,29,30). The molecule has 0 aliphatic carbocycles. The second kappa shape index (κ2) is 10.7. The first-order chi connectivity index (χ1) is 16.2. The van der Waals surface area contributed by atoms with Gasteiger partial charge in [-0.1, -0.05) is 18.7 Å². The summed E-state index contributed by atoms with van der Waals surface area (Å²) in [5.74, 6) is 2.00. The number of carboxylic acid groups (broad SMARTS) is 1. The number of ether oxygens (including phenoxy) is 4. The van der Waals surface area contributed by atoms with E-state index in [2.05, 4.69) is 34.3 Å². The minimum absolute atomic E-state index is 0.350. The maximum absolute atomic E-state index is 10.8. The van der Waals surface area contributed by atoms with Gasteiger partial charge in [0.15, 0.2) is 11.5 Å². The lowest BCUT2D eigenvalue weighted by Gasteiger charge is -2.38. The van der Waals surface area contributed by atoms with E-state index in [9.17, 15) is 4.79 Å². The molecule has 0 aromatic heterocycles. The molecule has 0 fully saturated rings. The van der Waals surface area contributed by atoms with Crippen molar-refractivity contribution in [3.63, 3.8) is 0 Å². The lowest BCUT2D eigenvalue weighted by atomic mass is 9.87. The van der Waals surface area contributed by atoms with Crippen LogP contribution >= 0.6 is 0 Å². The average molecular weight is 467 g/mol. The van der Waals surface area contributed by atoms with Crippen molar-refractivity contribution < 1.29 is 28.8 Å². The molecule has 1 aliphatic rings. The Bertz CT molecular complexity index is 1100. The zero-order chi connectivity index (χ0) is 24.9. The van der Waals surface area contributed by atoms with Crippen molar-refractivity contribution in [2.75, 3.05) is 19.8 Å². The third-order valence-electron chi connectivity index (χ3n) is 6.13. The predicted molar refractivity (Wildman–Crippen MR) is 133 cm³/mol. The minimum atomic E-state index is -0.999. The molecule has 1 heterocycles. The van der Waals surface area contributed by atoms with Crippen molar-refractivity contribution in [2.45, 2.75) is 53.1 Å². The molecule has 0 bridgehead atoms. The van der Waals surface area contributed by atoms with Crippen LogP contribution in [0.1, 0.15) is 48.1 Å². The molecular formula is C28H34O6. The third-order valence-corrected chi connectivity index (χ3v) is 6.13. The number of carbonyl (C=O) groups is 1. The minimum Gasteiger partial charge on any atom is -0.490 e. The summed E-state index contributed by atoms with van der Waals surface area (Å²) in [5, 5.41) is 8.87. The molecule has 6 nitrogen and oxygen atoms in total. The number of aliphatic carboxylic acids is 1. The molecule has 1 atom stereocenters. The van der Waals surface area contributed by atoms with Crippen LogP contribution in [-0.2, 0) is 11.2 Å². The topological polar surface area (TPSA) is 74.2 Å². The summed E-state index contributed by atoms with van der Waals surface area (Å²) < 4.78 is 24.4. The Balaban J connectivity index is 1.81. The van der Waals surface area contributed by atoms with Gasteiger partial charge in [0.25, 0.3) is 0 Å². The molecule has 1 N–H and O–H groups in total. The quantitative estimate of drug-likeness (QED) is 0.350. The molecule has 2 aromatic rings. The summed E-state index contributed by atoms with van der Waals surface area (Å²) in [6.07, 6.45) is 6.04. The van der Waals surface area contributed by atoms with E-state index >= 15 is 0 Å². The lowest BCUT2D eigenvalue weighted by molar-refractivity contribution is -0.131. The molecule has 0 radical (unpaired) electrons. The maximum atomic E-state index is 10.8. The average Bonchev–Trinajstić information content (AvgIpc) is 2.81. The van der Waals surface area contributed by atoms with Gasteiger partial charge in [-0.3, -0.25) is 0 Å². The summed E-state index contributed by atoms with van der Waals surface area (Å²) in [4.78, 5) is 10.8. The fraction of sp³-hybridized carbons (Fsp3) is 0.393. The number of hydrogen-bond acceptors (Lipinski definition) is 5. The smallest absolute Gasteiger partial charge is 0.328 e. The molecule has 182 valence electrons. The Morgan fingerprint density at radius 1 is 1.15 bits per heavy atom. The zero-order valence-corrected chi connectivity index (χ0v) is 20.7. The largest absolute Gasteiger partial charge is 0.490 e. The van der Waals surface area contributed by atoms with Crippen LogP contribution in [-0.4, -0.2) is 36.5 Å². The molecular weight excluding hydrogens is 432 g/mol. The first kappa shape index (κ1) is 25.2. The lowest BCUT2D eigenvalue weighted by Crippen LogP contribution is -2.42. The monoisotopic (exact) mass is 466 g/mol. The highest BCUT2D eigenvalue weighted by molar-refractivity contribution is 5.85. The van der Waals surface area contributed by atoms with Gasteiger partial charge < -0.3 is 24.1 Å². The van der Waals surface area contributed by atoms with Gasteiger partial charge in [-0.2, -0.15) is 0 Å². The van der Waals surface area contributed by atoms with Crippen molar-refractivity contribution >= 4 is 12.0 Å². The highest BCUT2D eigenvalue weighted by atomic mass is 16.6. The van der Waals surface area contributed by atoms with Gasteiger partial charge in [-0.15, -0.1) is 0 Å². The molecule has 1 aliphatic heterocycles. The van der Waals surface area contributed by atoms with Gasteiger partial charge in [-0.05, 0) is 87.9 Å². The van der Waals surface area contributed by atoms with E-state index in [-0.39, 0.29) is 0 Å². The van der Waals surface area contributed by atoms with Gasteiger partial charge >= 0.3 is 5.97 Å². The van der Waals surface area contributed by atoms with Crippen LogP contribution in [0.3, 0.4) is 0 Å². The third kappa shape index (κ3) is 5.56.